The zero-order chi connectivity index (χ0) is 9.83. The van der Waals surface area contributed by atoms with Gasteiger partial charge in [0.2, 0.25) is 0 Å². The second-order valence-electron chi connectivity index (χ2n) is 3.48. The van der Waals surface area contributed by atoms with E-state index in [4.69, 9.17) is 5.26 Å². The summed E-state index contributed by atoms with van der Waals surface area (Å²) < 4.78 is 22.1. The Morgan fingerprint density at radius 3 is 2.25 bits per heavy atom. The molecule has 0 fully saturated rings. The monoisotopic (exact) mass is 189 g/mol. The van der Waals surface area contributed by atoms with Gasteiger partial charge in [0, 0.05) is 5.75 Å². The summed E-state index contributed by atoms with van der Waals surface area (Å²) in [5.41, 5.74) is -0.526. The molecule has 0 amide bonds. The molecule has 0 saturated carbocycles. The molecular formula is C8H15NO2S. The number of hydrogen-bond acceptors (Lipinski definition) is 3. The maximum absolute atomic E-state index is 11.1. The van der Waals surface area contributed by atoms with Crippen LogP contribution >= 0.6 is 0 Å². The van der Waals surface area contributed by atoms with Crippen LogP contribution < -0.4 is 0 Å². The third kappa shape index (κ3) is 4.35. The van der Waals surface area contributed by atoms with Crippen molar-refractivity contribution in [3.05, 3.63) is 0 Å². The average Bonchev–Trinajstić information content (AvgIpc) is 2.02. The molecule has 0 heterocycles. The van der Waals surface area contributed by atoms with Gasteiger partial charge >= 0.3 is 0 Å². The van der Waals surface area contributed by atoms with E-state index in [0.717, 1.165) is 0 Å². The fourth-order valence-electron chi connectivity index (χ4n) is 0.611. The van der Waals surface area contributed by atoms with E-state index in [-0.39, 0.29) is 11.5 Å². The van der Waals surface area contributed by atoms with Gasteiger partial charge in [-0.15, -0.1) is 0 Å². The standard InChI is InChI=1S/C8H15NO2S/c1-4-12(10,11)6-5-8(2,3)7-9/h4-6H2,1-3H3. The first-order chi connectivity index (χ1) is 5.33. The van der Waals surface area contributed by atoms with Crippen molar-refractivity contribution in [1.82, 2.24) is 0 Å². The van der Waals surface area contributed by atoms with Crippen molar-refractivity contribution in [1.29, 1.82) is 5.26 Å². The molecule has 0 aromatic carbocycles. The molecule has 0 spiro atoms. The van der Waals surface area contributed by atoms with Gasteiger partial charge in [0.05, 0.1) is 17.2 Å². The summed E-state index contributed by atoms with van der Waals surface area (Å²) >= 11 is 0. The van der Waals surface area contributed by atoms with Crippen molar-refractivity contribution in [3.63, 3.8) is 0 Å². The van der Waals surface area contributed by atoms with E-state index in [1.165, 1.54) is 0 Å². The van der Waals surface area contributed by atoms with Gasteiger partial charge < -0.3 is 0 Å². The molecule has 0 radical (unpaired) electrons. The summed E-state index contributed by atoms with van der Waals surface area (Å²) in [4.78, 5) is 0. The molecule has 0 rings (SSSR count). The first kappa shape index (κ1) is 11.4. The third-order valence-electron chi connectivity index (χ3n) is 1.78. The molecule has 0 unspecified atom stereocenters. The van der Waals surface area contributed by atoms with Gasteiger partial charge in [-0.05, 0) is 20.3 Å². The van der Waals surface area contributed by atoms with E-state index in [1.807, 2.05) is 0 Å². The number of sulfone groups is 1. The lowest BCUT2D eigenvalue weighted by molar-refractivity contribution is 0.473. The van der Waals surface area contributed by atoms with Crippen LogP contribution in [0.15, 0.2) is 0 Å². The maximum Gasteiger partial charge on any atom is 0.150 e. The summed E-state index contributed by atoms with van der Waals surface area (Å²) in [5.74, 6) is 0.276. The van der Waals surface area contributed by atoms with Crippen molar-refractivity contribution in [2.45, 2.75) is 27.2 Å². The van der Waals surface area contributed by atoms with E-state index >= 15 is 0 Å². The van der Waals surface area contributed by atoms with E-state index < -0.39 is 15.3 Å². The van der Waals surface area contributed by atoms with Gasteiger partial charge in [0.25, 0.3) is 0 Å². The maximum atomic E-state index is 11.1. The Morgan fingerprint density at radius 1 is 1.42 bits per heavy atom. The highest BCUT2D eigenvalue weighted by atomic mass is 32.2. The van der Waals surface area contributed by atoms with Crippen LogP contribution in [0.25, 0.3) is 0 Å². The molecule has 3 nitrogen and oxygen atoms in total. The van der Waals surface area contributed by atoms with Crippen molar-refractivity contribution in [2.24, 2.45) is 5.41 Å². The van der Waals surface area contributed by atoms with Crippen molar-refractivity contribution < 1.29 is 8.42 Å². The molecular weight excluding hydrogens is 174 g/mol. The minimum atomic E-state index is -2.91. The van der Waals surface area contributed by atoms with Crippen molar-refractivity contribution in [3.8, 4) is 6.07 Å². The Morgan fingerprint density at radius 2 is 1.92 bits per heavy atom. The highest BCUT2D eigenvalue weighted by molar-refractivity contribution is 7.91. The Kier molecular flexibility index (Phi) is 3.72. The van der Waals surface area contributed by atoms with E-state index in [2.05, 4.69) is 6.07 Å². The Hall–Kier alpha value is -0.560. The summed E-state index contributed by atoms with van der Waals surface area (Å²) in [5, 5.41) is 8.62. The summed E-state index contributed by atoms with van der Waals surface area (Å²) in [6, 6.07) is 2.07. The molecule has 0 aliphatic carbocycles. The number of rotatable bonds is 4. The average molecular weight is 189 g/mol. The lowest BCUT2D eigenvalue weighted by Crippen LogP contribution is -2.17. The van der Waals surface area contributed by atoms with Gasteiger partial charge in [-0.1, -0.05) is 6.92 Å². The van der Waals surface area contributed by atoms with Crippen LogP contribution in [-0.4, -0.2) is 19.9 Å². The Labute approximate surface area is 74.3 Å². The lowest BCUT2D eigenvalue weighted by Gasteiger charge is -2.13. The van der Waals surface area contributed by atoms with Crippen molar-refractivity contribution in [2.75, 3.05) is 11.5 Å². The van der Waals surface area contributed by atoms with Gasteiger partial charge in [-0.2, -0.15) is 5.26 Å². The predicted molar refractivity (Wildman–Crippen MR) is 48.3 cm³/mol. The normalized spacial score (nSPS) is 12.5. The largest absolute Gasteiger partial charge is 0.229 e. The Balaban J connectivity index is 4.12. The van der Waals surface area contributed by atoms with Crippen LogP contribution in [0.2, 0.25) is 0 Å². The molecule has 12 heavy (non-hydrogen) atoms. The lowest BCUT2D eigenvalue weighted by atomic mass is 9.93. The van der Waals surface area contributed by atoms with Crippen LogP contribution in [0.1, 0.15) is 27.2 Å². The third-order valence-corrected chi connectivity index (χ3v) is 3.49. The first-order valence-electron chi connectivity index (χ1n) is 3.94. The molecule has 0 aliphatic rings. The molecule has 0 aromatic rings. The Bertz CT molecular complexity index is 272. The highest BCUT2D eigenvalue weighted by Crippen LogP contribution is 2.19. The molecule has 4 heteroatoms. The van der Waals surface area contributed by atoms with Crippen LogP contribution in [0.5, 0.6) is 0 Å². The molecule has 0 saturated heterocycles. The van der Waals surface area contributed by atoms with E-state index in [1.54, 1.807) is 20.8 Å². The molecule has 0 N–H and O–H groups in total. The quantitative estimate of drug-likeness (QED) is 0.671. The molecule has 0 atom stereocenters. The first-order valence-corrected chi connectivity index (χ1v) is 5.77. The van der Waals surface area contributed by atoms with Crippen LogP contribution in [0, 0.1) is 16.7 Å². The number of nitrogens with zero attached hydrogens (tertiary/aromatic N) is 1. The zero-order valence-electron chi connectivity index (χ0n) is 7.79. The zero-order valence-corrected chi connectivity index (χ0v) is 8.61. The summed E-state index contributed by atoms with van der Waals surface area (Å²) in [6.45, 7) is 5.12. The summed E-state index contributed by atoms with van der Waals surface area (Å²) in [6.07, 6.45) is 0.416. The smallest absolute Gasteiger partial charge is 0.150 e. The van der Waals surface area contributed by atoms with Gasteiger partial charge in [-0.25, -0.2) is 8.42 Å². The van der Waals surface area contributed by atoms with E-state index in [0.29, 0.717) is 6.42 Å². The molecule has 0 aliphatic heterocycles. The fraction of sp³-hybridized carbons (Fsp3) is 0.875. The molecule has 70 valence electrons. The minimum Gasteiger partial charge on any atom is -0.229 e. The summed E-state index contributed by atoms with van der Waals surface area (Å²) in [7, 11) is -2.91. The number of hydrogen-bond donors (Lipinski definition) is 0. The van der Waals surface area contributed by atoms with E-state index in [9.17, 15) is 8.42 Å². The van der Waals surface area contributed by atoms with Crippen LogP contribution in [0.4, 0.5) is 0 Å². The topological polar surface area (TPSA) is 57.9 Å². The molecule has 0 bridgehead atoms. The predicted octanol–water partition coefficient (Wildman–Crippen LogP) is 1.36. The fourth-order valence-corrected chi connectivity index (χ4v) is 1.72. The van der Waals surface area contributed by atoms with Crippen LogP contribution in [-0.2, 0) is 9.84 Å². The van der Waals surface area contributed by atoms with Crippen LogP contribution in [0.3, 0.4) is 0 Å². The minimum absolute atomic E-state index is 0.115. The SMILES string of the molecule is CCS(=O)(=O)CCC(C)(C)C#N. The highest BCUT2D eigenvalue weighted by Gasteiger charge is 2.19. The second kappa shape index (κ2) is 3.90. The van der Waals surface area contributed by atoms with Gasteiger partial charge in [-0.3, -0.25) is 0 Å². The van der Waals surface area contributed by atoms with Crippen molar-refractivity contribution >= 4 is 9.84 Å². The van der Waals surface area contributed by atoms with Gasteiger partial charge in [0.1, 0.15) is 9.84 Å². The number of nitriles is 1. The second-order valence-corrected chi connectivity index (χ2v) is 5.95. The van der Waals surface area contributed by atoms with Gasteiger partial charge in [0.15, 0.2) is 0 Å². The molecule has 0 aromatic heterocycles.